The number of likely N-dealkylation sites (N-methyl/N-ethyl adjacent to an activating group) is 2. The number of aromatic nitrogens is 2. The Hall–Kier alpha value is -3.92. The maximum Gasteiger partial charge on any atom is 0.342 e. The summed E-state index contributed by atoms with van der Waals surface area (Å²) in [5, 5.41) is 6.77. The second kappa shape index (κ2) is 10.6. The molecule has 0 radical (unpaired) electrons. The number of benzene rings is 2. The minimum absolute atomic E-state index is 0.0276. The highest BCUT2D eigenvalue weighted by Crippen LogP contribution is 2.34. The average molecular weight is 482 g/mol. The van der Waals surface area contributed by atoms with Crippen LogP contribution in [0.15, 0.2) is 54.9 Å². The molecular weight excluding hydrogens is 453 g/mol. The first-order valence-electron chi connectivity index (χ1n) is 11.2. The molecule has 0 bridgehead atoms. The van der Waals surface area contributed by atoms with E-state index >= 15 is 0 Å². The summed E-state index contributed by atoms with van der Waals surface area (Å²) in [5.41, 5.74) is 2.06. The number of nitrogens with one attached hydrogen (secondary N) is 1. The summed E-state index contributed by atoms with van der Waals surface area (Å²) in [6.45, 7) is 1.24. The molecule has 3 aromatic rings. The predicted molar refractivity (Wildman–Crippen MR) is 129 cm³/mol. The van der Waals surface area contributed by atoms with Gasteiger partial charge in [-0.3, -0.25) is 4.79 Å². The van der Waals surface area contributed by atoms with Crippen molar-refractivity contribution in [3.05, 3.63) is 71.8 Å². The van der Waals surface area contributed by atoms with Crippen molar-refractivity contribution in [1.29, 1.82) is 0 Å². The molecule has 1 N–H and O–H groups in total. The molecule has 35 heavy (non-hydrogen) atoms. The van der Waals surface area contributed by atoms with E-state index in [1.807, 2.05) is 19.0 Å². The van der Waals surface area contributed by atoms with Gasteiger partial charge < -0.3 is 24.6 Å². The topological polar surface area (TPSA) is 88.9 Å². The van der Waals surface area contributed by atoms with Gasteiger partial charge in [-0.15, -0.1) is 0 Å². The molecule has 1 atom stereocenters. The summed E-state index contributed by atoms with van der Waals surface area (Å²) in [4.78, 5) is 29.3. The first-order valence-corrected chi connectivity index (χ1v) is 11.2. The van der Waals surface area contributed by atoms with Gasteiger partial charge in [0, 0.05) is 32.3 Å². The van der Waals surface area contributed by atoms with Gasteiger partial charge in [-0.2, -0.15) is 9.78 Å². The molecule has 0 saturated heterocycles. The zero-order chi connectivity index (χ0) is 24.9. The first kappa shape index (κ1) is 24.2. The predicted octanol–water partition coefficient (Wildman–Crippen LogP) is 2.54. The summed E-state index contributed by atoms with van der Waals surface area (Å²) >= 11 is 0. The van der Waals surface area contributed by atoms with Crippen LogP contribution in [0.2, 0.25) is 0 Å². The largest absolute Gasteiger partial charge is 0.492 e. The van der Waals surface area contributed by atoms with Gasteiger partial charge in [-0.25, -0.2) is 9.18 Å². The molecule has 10 heteroatoms. The number of anilines is 1. The number of rotatable bonds is 7. The number of amides is 2. The average Bonchev–Trinajstić information content (AvgIpc) is 3.25. The fourth-order valence-electron chi connectivity index (χ4n) is 3.68. The molecule has 1 aromatic heterocycles. The number of ether oxygens (including phenoxy) is 2. The summed E-state index contributed by atoms with van der Waals surface area (Å²) in [7, 11) is 5.55. The molecule has 2 heterocycles. The zero-order valence-corrected chi connectivity index (χ0v) is 19.9. The van der Waals surface area contributed by atoms with Crippen LogP contribution < -0.4 is 19.7 Å². The van der Waals surface area contributed by atoms with Gasteiger partial charge >= 0.3 is 6.03 Å². The number of nitrogens with zero attached hydrogens (tertiary/aromatic N) is 4. The molecule has 184 valence electrons. The molecule has 0 saturated carbocycles. The van der Waals surface area contributed by atoms with Gasteiger partial charge in [0.25, 0.3) is 5.91 Å². The lowest BCUT2D eigenvalue weighted by Crippen LogP contribution is -2.50. The van der Waals surface area contributed by atoms with Gasteiger partial charge in [0.2, 0.25) is 0 Å². The zero-order valence-electron chi connectivity index (χ0n) is 19.9. The highest BCUT2D eigenvalue weighted by atomic mass is 19.1. The first-order chi connectivity index (χ1) is 16.8. The fraction of sp³-hybridized carbons (Fsp3) is 0.320. The van der Waals surface area contributed by atoms with Crippen molar-refractivity contribution < 1.29 is 23.5 Å². The van der Waals surface area contributed by atoms with E-state index in [1.54, 1.807) is 43.6 Å². The van der Waals surface area contributed by atoms with Crippen molar-refractivity contribution in [3.8, 4) is 11.5 Å². The van der Waals surface area contributed by atoms with E-state index in [-0.39, 0.29) is 18.3 Å². The van der Waals surface area contributed by atoms with Gasteiger partial charge in [0.1, 0.15) is 36.6 Å². The summed E-state index contributed by atoms with van der Waals surface area (Å²) in [6.07, 6.45) is 3.52. The minimum atomic E-state index is -0.908. The monoisotopic (exact) mass is 481 g/mol. The molecule has 2 aromatic carbocycles. The van der Waals surface area contributed by atoms with Crippen LogP contribution in [-0.4, -0.2) is 73.6 Å². The van der Waals surface area contributed by atoms with Crippen LogP contribution in [0.4, 0.5) is 14.9 Å². The number of carbonyl (C=O) groups excluding carboxylic acids is 2. The number of hydrogen-bond donors (Lipinski definition) is 1. The lowest BCUT2D eigenvalue weighted by molar-refractivity contribution is -0.120. The molecule has 9 nitrogen and oxygen atoms in total. The number of halogens is 1. The third-order valence-electron chi connectivity index (χ3n) is 5.57. The Balaban J connectivity index is 1.40. The fourth-order valence-corrected chi connectivity index (χ4v) is 3.68. The molecule has 1 aliphatic rings. The number of carbonyl (C=O) groups is 2. The van der Waals surface area contributed by atoms with Crippen molar-refractivity contribution in [3.63, 3.8) is 0 Å². The molecule has 0 aliphatic carbocycles. The Morgan fingerprint density at radius 3 is 2.86 bits per heavy atom. The summed E-state index contributed by atoms with van der Waals surface area (Å²) in [5.74, 6) is 0.499. The Labute approximate surface area is 203 Å². The molecule has 4 rings (SSSR count). The molecule has 0 unspecified atom stereocenters. The van der Waals surface area contributed by atoms with Crippen LogP contribution in [0.1, 0.15) is 11.1 Å². The Bertz CT molecular complexity index is 1210. The molecule has 0 spiro atoms. The van der Waals surface area contributed by atoms with Crippen molar-refractivity contribution in [2.75, 3.05) is 45.8 Å². The molecule has 1 aliphatic heterocycles. The normalized spacial score (nSPS) is 15.4. The Kier molecular flexibility index (Phi) is 7.31. The third-order valence-corrected chi connectivity index (χ3v) is 5.57. The summed E-state index contributed by atoms with van der Waals surface area (Å²) < 4.78 is 26.1. The lowest BCUT2D eigenvalue weighted by Gasteiger charge is -2.20. The number of hydrogen-bond acceptors (Lipinski definition) is 6. The molecule has 0 fully saturated rings. The second-order valence-corrected chi connectivity index (χ2v) is 8.59. The van der Waals surface area contributed by atoms with Crippen LogP contribution in [0.3, 0.4) is 0 Å². The van der Waals surface area contributed by atoms with E-state index in [9.17, 15) is 14.0 Å². The van der Waals surface area contributed by atoms with E-state index in [0.29, 0.717) is 30.2 Å². The van der Waals surface area contributed by atoms with Gasteiger partial charge in [-0.05, 0) is 49.5 Å². The van der Waals surface area contributed by atoms with Crippen LogP contribution in [0.5, 0.6) is 11.5 Å². The summed E-state index contributed by atoms with van der Waals surface area (Å²) in [6, 6.07) is 10.1. The Morgan fingerprint density at radius 2 is 2.09 bits per heavy atom. The quantitative estimate of drug-likeness (QED) is 0.558. The van der Waals surface area contributed by atoms with E-state index in [2.05, 4.69) is 10.4 Å². The highest BCUT2D eigenvalue weighted by molar-refractivity contribution is 6.00. The van der Waals surface area contributed by atoms with Crippen molar-refractivity contribution in [1.82, 2.24) is 20.0 Å². The maximum atomic E-state index is 13.4. The van der Waals surface area contributed by atoms with Gasteiger partial charge in [0.15, 0.2) is 0 Å². The van der Waals surface area contributed by atoms with E-state index < -0.39 is 12.1 Å². The van der Waals surface area contributed by atoms with Crippen LogP contribution in [0, 0.1) is 5.82 Å². The van der Waals surface area contributed by atoms with E-state index in [1.165, 1.54) is 23.2 Å². The van der Waals surface area contributed by atoms with Crippen molar-refractivity contribution >= 4 is 17.6 Å². The Morgan fingerprint density at radius 1 is 1.26 bits per heavy atom. The SMILES string of the molecule is CN(C)CCOc1ccc2c(c1)N(C)C(=O)[C@@H](NC(=O)n1cc(Cc3cccc(F)c3)cn1)CO2. The number of fused-ring (bicyclic) bond motifs is 1. The van der Waals surface area contributed by atoms with Crippen LogP contribution >= 0.6 is 0 Å². The van der Waals surface area contributed by atoms with E-state index in [4.69, 9.17) is 9.47 Å². The maximum absolute atomic E-state index is 13.4. The standard InChI is InChI=1S/C25H28FN5O4/c1-29(2)9-10-34-20-7-8-23-22(13-20)30(3)24(32)21(16-35-23)28-25(33)31-15-18(14-27-31)11-17-5-4-6-19(26)12-17/h4-8,12-15,21H,9-11,16H2,1-3H3,(H,28,33)/t21-/m0/s1. The van der Waals surface area contributed by atoms with Crippen LogP contribution in [0.25, 0.3) is 0 Å². The molecule has 2 amide bonds. The molecular formula is C25H28FN5O4. The van der Waals surface area contributed by atoms with Gasteiger partial charge in [0.05, 0.1) is 11.9 Å². The second-order valence-electron chi connectivity index (χ2n) is 8.59. The van der Waals surface area contributed by atoms with Gasteiger partial charge in [-0.1, -0.05) is 12.1 Å². The minimum Gasteiger partial charge on any atom is -0.492 e. The van der Waals surface area contributed by atoms with Crippen molar-refractivity contribution in [2.24, 2.45) is 0 Å². The van der Waals surface area contributed by atoms with E-state index in [0.717, 1.165) is 22.4 Å². The van der Waals surface area contributed by atoms with Crippen LogP contribution in [-0.2, 0) is 11.2 Å². The smallest absolute Gasteiger partial charge is 0.342 e. The van der Waals surface area contributed by atoms with Crippen molar-refractivity contribution in [2.45, 2.75) is 12.5 Å². The highest BCUT2D eigenvalue weighted by Gasteiger charge is 2.31. The third kappa shape index (κ3) is 5.96. The lowest BCUT2D eigenvalue weighted by atomic mass is 10.1.